The molecule has 0 bridgehead atoms. The lowest BCUT2D eigenvalue weighted by atomic mass is 10.0. The molecule has 1 aliphatic rings. The van der Waals surface area contributed by atoms with Gasteiger partial charge in [-0.1, -0.05) is 37.1 Å². The van der Waals surface area contributed by atoms with Crippen LogP contribution in [0.1, 0.15) is 61.8 Å². The Morgan fingerprint density at radius 1 is 1.32 bits per heavy atom. The molecule has 28 heavy (non-hydrogen) atoms. The third-order valence-electron chi connectivity index (χ3n) is 4.61. The van der Waals surface area contributed by atoms with Crippen LogP contribution in [-0.2, 0) is 17.4 Å². The van der Waals surface area contributed by atoms with E-state index in [2.05, 4.69) is 22.0 Å². The zero-order valence-electron chi connectivity index (χ0n) is 15.5. The van der Waals surface area contributed by atoms with E-state index in [-0.39, 0.29) is 11.1 Å². The molecule has 3 rings (SSSR count). The first kappa shape index (κ1) is 20.4. The molecule has 1 unspecified atom stereocenters. The summed E-state index contributed by atoms with van der Waals surface area (Å²) in [4.78, 5) is 19.6. The maximum Gasteiger partial charge on any atom is 0.416 e. The highest BCUT2D eigenvalue weighted by Crippen LogP contribution is 2.36. The van der Waals surface area contributed by atoms with Crippen molar-refractivity contribution in [2.45, 2.75) is 51.7 Å². The predicted molar refractivity (Wildman–Crippen MR) is 100 cm³/mol. The summed E-state index contributed by atoms with van der Waals surface area (Å²) in [5.41, 5.74) is 0.916. The molecule has 1 aliphatic heterocycles. The van der Waals surface area contributed by atoms with Gasteiger partial charge in [-0.15, -0.1) is 0 Å². The summed E-state index contributed by atoms with van der Waals surface area (Å²) < 4.78 is 38.3. The first-order chi connectivity index (χ1) is 13.2. The quantitative estimate of drug-likeness (QED) is 0.740. The van der Waals surface area contributed by atoms with Gasteiger partial charge in [0.25, 0.3) is 0 Å². The maximum absolute atomic E-state index is 12.8. The highest BCUT2D eigenvalue weighted by Gasteiger charge is 2.35. The van der Waals surface area contributed by atoms with Crippen LogP contribution < -0.4 is 0 Å². The van der Waals surface area contributed by atoms with Gasteiger partial charge in [0.15, 0.2) is 5.15 Å². The lowest BCUT2D eigenvalue weighted by Gasteiger charge is -2.19. The fourth-order valence-electron chi connectivity index (χ4n) is 3.15. The minimum absolute atomic E-state index is 0.284. The molecule has 1 aromatic carbocycles. The van der Waals surface area contributed by atoms with Crippen LogP contribution in [0.25, 0.3) is 0 Å². The Bertz CT molecular complexity index is 890. The zero-order chi connectivity index (χ0) is 20.5. The summed E-state index contributed by atoms with van der Waals surface area (Å²) in [5.74, 6) is 0.459. The van der Waals surface area contributed by atoms with E-state index in [4.69, 9.17) is 11.6 Å². The number of imidazole rings is 1. The van der Waals surface area contributed by atoms with E-state index >= 15 is 0 Å². The van der Waals surface area contributed by atoms with Gasteiger partial charge >= 0.3 is 6.18 Å². The van der Waals surface area contributed by atoms with Crippen LogP contribution in [0.5, 0.6) is 0 Å². The number of H-pyrrole nitrogens is 1. The number of hydrazone groups is 1. The molecule has 2 heterocycles. The molecule has 5 nitrogen and oxygen atoms in total. The topological polar surface area (TPSA) is 61.4 Å². The number of aromatic nitrogens is 2. The largest absolute Gasteiger partial charge is 0.416 e. The lowest BCUT2D eigenvalue weighted by Crippen LogP contribution is -2.24. The smallest absolute Gasteiger partial charge is 0.343 e. The molecule has 150 valence electrons. The summed E-state index contributed by atoms with van der Waals surface area (Å²) in [7, 11) is 0. The number of aryl methyl sites for hydroxylation is 1. The van der Waals surface area contributed by atoms with E-state index < -0.39 is 17.8 Å². The molecule has 0 saturated carbocycles. The summed E-state index contributed by atoms with van der Waals surface area (Å²) in [5, 5.41) is 5.92. The van der Waals surface area contributed by atoms with E-state index in [1.807, 2.05) is 0 Å². The highest BCUT2D eigenvalue weighted by atomic mass is 35.5. The Morgan fingerprint density at radius 2 is 2.00 bits per heavy atom. The number of nitrogens with zero attached hydrogens (tertiary/aromatic N) is 3. The van der Waals surface area contributed by atoms with Crippen LogP contribution in [0.3, 0.4) is 0 Å². The minimum atomic E-state index is -4.40. The highest BCUT2D eigenvalue weighted by molar-refractivity contribution is 6.30. The van der Waals surface area contributed by atoms with Gasteiger partial charge in [-0.25, -0.2) is 9.99 Å². The van der Waals surface area contributed by atoms with E-state index in [0.717, 1.165) is 37.2 Å². The monoisotopic (exact) mass is 412 g/mol. The number of carbonyl (C=O) groups excluding carboxylic acids is 1. The van der Waals surface area contributed by atoms with Crippen molar-refractivity contribution in [3.05, 3.63) is 52.1 Å². The van der Waals surface area contributed by atoms with E-state index in [1.165, 1.54) is 24.1 Å². The standard InChI is InChI=1S/C19H20ClF3N4O/c1-3-4-5-16-24-17(18(20)25-16)15-10-14(26-27(15)11(2)28)12-6-8-13(9-7-12)19(21,22)23/h6-9,15H,3-5,10H2,1-2H3,(H,24,25). The Hall–Kier alpha value is -2.35. The number of aromatic amines is 1. The third-order valence-corrected chi connectivity index (χ3v) is 4.90. The van der Waals surface area contributed by atoms with Crippen molar-refractivity contribution < 1.29 is 18.0 Å². The average Bonchev–Trinajstić information content (AvgIpc) is 3.23. The molecule has 1 atom stereocenters. The van der Waals surface area contributed by atoms with Crippen LogP contribution in [0.15, 0.2) is 29.4 Å². The van der Waals surface area contributed by atoms with Crippen molar-refractivity contribution >= 4 is 23.2 Å². The summed E-state index contributed by atoms with van der Waals surface area (Å²) >= 11 is 6.28. The van der Waals surface area contributed by atoms with Gasteiger partial charge in [0.05, 0.1) is 17.0 Å². The van der Waals surface area contributed by atoms with Crippen molar-refractivity contribution in [1.29, 1.82) is 0 Å². The first-order valence-electron chi connectivity index (χ1n) is 9.00. The molecule has 9 heteroatoms. The number of benzene rings is 1. The molecule has 0 fully saturated rings. The number of hydrogen-bond acceptors (Lipinski definition) is 3. The molecular weight excluding hydrogens is 393 g/mol. The van der Waals surface area contributed by atoms with Crippen LogP contribution in [0.4, 0.5) is 13.2 Å². The van der Waals surface area contributed by atoms with Crippen LogP contribution in [0.2, 0.25) is 5.15 Å². The maximum atomic E-state index is 12.8. The second-order valence-corrected chi connectivity index (χ2v) is 7.05. The van der Waals surface area contributed by atoms with Crippen molar-refractivity contribution in [1.82, 2.24) is 15.0 Å². The molecule has 0 radical (unpaired) electrons. The molecule has 2 aromatic rings. The van der Waals surface area contributed by atoms with E-state index in [9.17, 15) is 18.0 Å². The van der Waals surface area contributed by atoms with Crippen LogP contribution >= 0.6 is 11.6 Å². The van der Waals surface area contributed by atoms with Crippen molar-refractivity contribution in [3.63, 3.8) is 0 Å². The molecule has 0 aliphatic carbocycles. The summed E-state index contributed by atoms with van der Waals surface area (Å²) in [6.45, 7) is 3.46. The Kier molecular flexibility index (Phi) is 5.79. The van der Waals surface area contributed by atoms with Crippen LogP contribution in [0, 0.1) is 0 Å². The van der Waals surface area contributed by atoms with Gasteiger partial charge in [-0.05, 0) is 24.1 Å². The van der Waals surface area contributed by atoms with Crippen LogP contribution in [-0.4, -0.2) is 26.6 Å². The number of nitrogens with one attached hydrogen (secondary N) is 1. The van der Waals surface area contributed by atoms with Gasteiger partial charge in [-0.3, -0.25) is 4.79 Å². The van der Waals surface area contributed by atoms with Gasteiger partial charge in [0.1, 0.15) is 11.9 Å². The van der Waals surface area contributed by atoms with Crippen molar-refractivity contribution in [2.24, 2.45) is 5.10 Å². The number of hydrogen-bond donors (Lipinski definition) is 1. The number of carbonyl (C=O) groups is 1. The SMILES string of the molecule is CCCCc1nc(Cl)c(C2CC(c3ccc(C(F)(F)F)cc3)=NN2C(C)=O)[nH]1. The fraction of sp³-hybridized carbons (Fsp3) is 0.421. The zero-order valence-corrected chi connectivity index (χ0v) is 16.2. The Labute approximate surface area is 165 Å². The molecule has 0 spiro atoms. The van der Waals surface area contributed by atoms with Gasteiger partial charge < -0.3 is 4.98 Å². The molecular formula is C19H20ClF3N4O. The minimum Gasteiger partial charge on any atom is -0.343 e. The Morgan fingerprint density at radius 3 is 2.57 bits per heavy atom. The number of unbranched alkanes of at least 4 members (excludes halogenated alkanes) is 1. The van der Waals surface area contributed by atoms with Crippen molar-refractivity contribution in [3.8, 4) is 0 Å². The second-order valence-electron chi connectivity index (χ2n) is 6.70. The van der Waals surface area contributed by atoms with Gasteiger partial charge in [0, 0.05) is 19.8 Å². The number of halogens is 4. The van der Waals surface area contributed by atoms with Gasteiger partial charge in [-0.2, -0.15) is 18.3 Å². The third kappa shape index (κ3) is 4.22. The number of alkyl halides is 3. The molecule has 1 amide bonds. The van der Waals surface area contributed by atoms with Crippen molar-refractivity contribution in [2.75, 3.05) is 0 Å². The number of amides is 1. The summed E-state index contributed by atoms with van der Waals surface area (Å²) in [6, 6.07) is 4.28. The van der Waals surface area contributed by atoms with Gasteiger partial charge in [0.2, 0.25) is 5.91 Å². The molecule has 1 aromatic heterocycles. The number of rotatable bonds is 5. The normalized spacial score (nSPS) is 17.1. The molecule has 1 N–H and O–H groups in total. The Balaban J connectivity index is 1.87. The van der Waals surface area contributed by atoms with E-state index in [1.54, 1.807) is 0 Å². The predicted octanol–water partition coefficient (Wildman–Crippen LogP) is 5.12. The first-order valence-corrected chi connectivity index (χ1v) is 9.37. The molecule has 0 saturated heterocycles. The second kappa shape index (κ2) is 7.95. The lowest BCUT2D eigenvalue weighted by molar-refractivity contribution is -0.137. The average molecular weight is 413 g/mol. The van der Waals surface area contributed by atoms with E-state index in [0.29, 0.717) is 23.4 Å². The summed E-state index contributed by atoms with van der Waals surface area (Å²) in [6.07, 6.45) is -1.35. The fourth-order valence-corrected chi connectivity index (χ4v) is 3.42.